The van der Waals surface area contributed by atoms with Gasteiger partial charge in [0.1, 0.15) is 12.1 Å². The van der Waals surface area contributed by atoms with Gasteiger partial charge in [-0.3, -0.25) is 9.78 Å². The van der Waals surface area contributed by atoms with Crippen LogP contribution in [0.4, 0.5) is 0 Å². The van der Waals surface area contributed by atoms with E-state index < -0.39 is 12.1 Å². The Labute approximate surface area is 197 Å². The van der Waals surface area contributed by atoms with Crippen molar-refractivity contribution in [1.82, 2.24) is 20.0 Å². The van der Waals surface area contributed by atoms with E-state index in [1.165, 1.54) is 0 Å². The molecule has 1 aliphatic rings. The van der Waals surface area contributed by atoms with E-state index in [0.717, 1.165) is 45.2 Å². The maximum Gasteiger partial charge on any atom is 0.251 e. The summed E-state index contributed by atoms with van der Waals surface area (Å²) in [4.78, 5) is 19.4. The highest BCUT2D eigenvalue weighted by molar-refractivity contribution is 7.15. The fourth-order valence-corrected chi connectivity index (χ4v) is 5.05. The van der Waals surface area contributed by atoms with Gasteiger partial charge >= 0.3 is 0 Å². The standard InChI is InChI=1S/C24H29N5O3S/c1-15-12-29-13-17(8-21(29)16(2)27-15)23-5-4-20(33-23)9-18(10-25)28-24(30)22-11-26-7-6-19(31-3)14-32-22/h4-5,8,12-13,18-19,22,26H,6-7,9,11,14H2,1-3H3,(H,28,30)/t18-,19+,22-/m0/s1. The number of methoxy groups -OCH3 is 1. The highest BCUT2D eigenvalue weighted by Crippen LogP contribution is 2.31. The van der Waals surface area contributed by atoms with Crippen LogP contribution in [0.3, 0.4) is 0 Å². The molecule has 4 rings (SSSR count). The molecule has 1 saturated heterocycles. The van der Waals surface area contributed by atoms with Crippen LogP contribution in [0.2, 0.25) is 0 Å². The zero-order chi connectivity index (χ0) is 23.4. The van der Waals surface area contributed by atoms with E-state index in [1.807, 2.05) is 26.1 Å². The second-order valence-electron chi connectivity index (χ2n) is 8.32. The lowest BCUT2D eigenvalue weighted by atomic mass is 10.1. The summed E-state index contributed by atoms with van der Waals surface area (Å²) in [6.07, 6.45) is 4.71. The first-order valence-corrected chi connectivity index (χ1v) is 11.9. The van der Waals surface area contributed by atoms with E-state index in [4.69, 9.17) is 9.47 Å². The van der Waals surface area contributed by atoms with Crippen molar-refractivity contribution in [2.24, 2.45) is 0 Å². The van der Waals surface area contributed by atoms with Crippen molar-refractivity contribution >= 4 is 22.8 Å². The molecule has 0 bridgehead atoms. The molecule has 9 heteroatoms. The smallest absolute Gasteiger partial charge is 0.251 e. The lowest BCUT2D eigenvalue weighted by molar-refractivity contribution is -0.136. The van der Waals surface area contributed by atoms with Crippen LogP contribution in [-0.4, -0.2) is 60.3 Å². The third kappa shape index (κ3) is 5.60. The Hall–Kier alpha value is -2.77. The summed E-state index contributed by atoms with van der Waals surface area (Å²) in [6.45, 7) is 5.54. The molecular weight excluding hydrogens is 438 g/mol. The molecule has 0 aromatic carbocycles. The van der Waals surface area contributed by atoms with Crippen LogP contribution < -0.4 is 10.6 Å². The van der Waals surface area contributed by atoms with Gasteiger partial charge in [-0.1, -0.05) is 0 Å². The molecule has 1 aliphatic heterocycles. The Morgan fingerprint density at radius 3 is 3.09 bits per heavy atom. The van der Waals surface area contributed by atoms with Gasteiger partial charge in [0.05, 0.1) is 35.7 Å². The number of ether oxygens (including phenoxy) is 2. The summed E-state index contributed by atoms with van der Waals surface area (Å²) in [6, 6.07) is 7.80. The van der Waals surface area contributed by atoms with Gasteiger partial charge in [-0.05, 0) is 45.0 Å². The predicted molar refractivity (Wildman–Crippen MR) is 127 cm³/mol. The molecule has 0 saturated carbocycles. The van der Waals surface area contributed by atoms with Gasteiger partial charge in [-0.15, -0.1) is 11.3 Å². The van der Waals surface area contributed by atoms with Crippen molar-refractivity contribution in [3.8, 4) is 16.5 Å². The van der Waals surface area contributed by atoms with Crippen LogP contribution in [0, 0.1) is 25.2 Å². The van der Waals surface area contributed by atoms with Gasteiger partial charge in [0, 0.05) is 47.8 Å². The molecular formula is C24H29N5O3S. The highest BCUT2D eigenvalue weighted by Gasteiger charge is 2.25. The monoisotopic (exact) mass is 467 g/mol. The minimum absolute atomic E-state index is 0.0427. The van der Waals surface area contributed by atoms with Crippen LogP contribution >= 0.6 is 11.3 Å². The minimum Gasteiger partial charge on any atom is -0.379 e. The maximum absolute atomic E-state index is 12.7. The van der Waals surface area contributed by atoms with Crippen molar-refractivity contribution in [3.63, 3.8) is 0 Å². The average molecular weight is 468 g/mol. The number of amides is 1. The summed E-state index contributed by atoms with van der Waals surface area (Å²) in [5.74, 6) is -0.278. The number of nitriles is 1. The van der Waals surface area contributed by atoms with Crippen molar-refractivity contribution in [2.45, 2.75) is 44.9 Å². The number of carbonyl (C=O) groups excluding carboxylic acids is 1. The number of hydrogen-bond acceptors (Lipinski definition) is 7. The summed E-state index contributed by atoms with van der Waals surface area (Å²) >= 11 is 1.63. The fraction of sp³-hybridized carbons (Fsp3) is 0.458. The Kier molecular flexibility index (Phi) is 7.40. The number of aryl methyl sites for hydroxylation is 2. The van der Waals surface area contributed by atoms with Crippen LogP contribution in [0.15, 0.2) is 30.6 Å². The number of thiophene rings is 1. The van der Waals surface area contributed by atoms with Gasteiger partial charge in [0.15, 0.2) is 0 Å². The Morgan fingerprint density at radius 1 is 1.45 bits per heavy atom. The van der Waals surface area contributed by atoms with Crippen LogP contribution in [-0.2, 0) is 20.7 Å². The van der Waals surface area contributed by atoms with Crippen LogP contribution in [0.1, 0.15) is 22.7 Å². The molecule has 174 valence electrons. The highest BCUT2D eigenvalue weighted by atomic mass is 32.1. The number of nitrogens with one attached hydrogen (secondary N) is 2. The normalized spacial score (nSPS) is 20.1. The van der Waals surface area contributed by atoms with Crippen LogP contribution in [0.25, 0.3) is 16.0 Å². The molecule has 33 heavy (non-hydrogen) atoms. The predicted octanol–water partition coefficient (Wildman–Crippen LogP) is 2.62. The second kappa shape index (κ2) is 10.4. The first kappa shape index (κ1) is 23.4. The first-order chi connectivity index (χ1) is 16.0. The first-order valence-electron chi connectivity index (χ1n) is 11.1. The number of aromatic nitrogens is 2. The quantitative estimate of drug-likeness (QED) is 0.578. The summed E-state index contributed by atoms with van der Waals surface area (Å²) in [5, 5.41) is 15.7. The summed E-state index contributed by atoms with van der Waals surface area (Å²) in [7, 11) is 1.64. The molecule has 3 atom stereocenters. The molecule has 0 unspecified atom stereocenters. The molecule has 1 amide bonds. The van der Waals surface area contributed by atoms with E-state index in [1.54, 1.807) is 18.4 Å². The average Bonchev–Trinajstić information content (AvgIpc) is 3.40. The maximum atomic E-state index is 12.7. The van der Waals surface area contributed by atoms with Gasteiger partial charge in [0.2, 0.25) is 0 Å². The van der Waals surface area contributed by atoms with Crippen LogP contribution in [0.5, 0.6) is 0 Å². The Morgan fingerprint density at radius 2 is 2.30 bits per heavy atom. The van der Waals surface area contributed by atoms with Crippen molar-refractivity contribution in [3.05, 3.63) is 46.9 Å². The number of fused-ring (bicyclic) bond motifs is 1. The fourth-order valence-electron chi connectivity index (χ4n) is 4.02. The molecule has 2 N–H and O–H groups in total. The van der Waals surface area contributed by atoms with Gasteiger partial charge in [0.25, 0.3) is 5.91 Å². The lowest BCUT2D eigenvalue weighted by Crippen LogP contribution is -2.49. The van der Waals surface area contributed by atoms with E-state index >= 15 is 0 Å². The summed E-state index contributed by atoms with van der Waals surface area (Å²) < 4.78 is 13.2. The van der Waals surface area contributed by atoms with E-state index in [2.05, 4.69) is 44.4 Å². The third-order valence-electron chi connectivity index (χ3n) is 5.79. The molecule has 8 nitrogen and oxygen atoms in total. The van der Waals surface area contributed by atoms with E-state index in [0.29, 0.717) is 19.6 Å². The molecule has 0 radical (unpaired) electrons. The lowest BCUT2D eigenvalue weighted by Gasteiger charge is -2.25. The zero-order valence-electron chi connectivity index (χ0n) is 19.1. The van der Waals surface area contributed by atoms with Gasteiger partial charge in [-0.2, -0.15) is 5.26 Å². The largest absolute Gasteiger partial charge is 0.379 e. The van der Waals surface area contributed by atoms with Crippen molar-refractivity contribution in [2.75, 3.05) is 26.8 Å². The molecule has 1 fully saturated rings. The Bertz CT molecular complexity index is 1160. The second-order valence-corrected chi connectivity index (χ2v) is 9.49. The van der Waals surface area contributed by atoms with Gasteiger partial charge < -0.3 is 24.5 Å². The molecule has 3 aromatic rings. The van der Waals surface area contributed by atoms with Crippen molar-refractivity contribution < 1.29 is 14.3 Å². The third-order valence-corrected chi connectivity index (χ3v) is 6.95. The van der Waals surface area contributed by atoms with Gasteiger partial charge in [-0.25, -0.2) is 0 Å². The topological polar surface area (TPSA) is 101 Å². The number of rotatable bonds is 6. The van der Waals surface area contributed by atoms with Crippen molar-refractivity contribution in [1.29, 1.82) is 5.26 Å². The molecule has 0 spiro atoms. The number of hydrogen-bond donors (Lipinski definition) is 2. The number of nitrogens with zero attached hydrogens (tertiary/aromatic N) is 3. The SMILES string of the molecule is CO[C@@H]1CCNC[C@@H](C(=O)N[C@H](C#N)Cc2ccc(-c3cc4c(C)nc(C)cn4c3)s2)OC1. The molecule has 4 heterocycles. The number of carbonyl (C=O) groups is 1. The Balaban J connectivity index is 1.41. The summed E-state index contributed by atoms with van der Waals surface area (Å²) in [5.41, 5.74) is 4.16. The van der Waals surface area contributed by atoms with E-state index in [9.17, 15) is 10.1 Å². The molecule has 3 aromatic heterocycles. The van der Waals surface area contributed by atoms with E-state index in [-0.39, 0.29) is 12.0 Å². The molecule has 0 aliphatic carbocycles. The minimum atomic E-state index is -0.647. The zero-order valence-corrected chi connectivity index (χ0v) is 19.9.